The summed E-state index contributed by atoms with van der Waals surface area (Å²) in [6.07, 6.45) is 1.01. The molecule has 0 aliphatic carbocycles. The molecule has 1 N–H and O–H groups in total. The summed E-state index contributed by atoms with van der Waals surface area (Å²) in [5.41, 5.74) is 0.382. The topological polar surface area (TPSA) is 15.3 Å². The molecule has 0 radical (unpaired) electrons. The van der Waals surface area contributed by atoms with Gasteiger partial charge in [0.15, 0.2) is 11.6 Å². The molecule has 1 atom stereocenters. The molecule has 0 aliphatic heterocycles. The molecule has 0 bridgehead atoms. The Balaban J connectivity index is 2.62. The highest BCUT2D eigenvalue weighted by Crippen LogP contribution is 2.12. The first-order valence-corrected chi connectivity index (χ1v) is 6.71. The van der Waals surface area contributed by atoms with Crippen LogP contribution in [-0.2, 0) is 6.54 Å². The molecule has 2 nitrogen and oxygen atoms in total. The smallest absolute Gasteiger partial charge is 0.163 e. The Morgan fingerprint density at radius 3 is 2.47 bits per heavy atom. The predicted molar refractivity (Wildman–Crippen MR) is 75.0 cm³/mol. The molecule has 108 valence electrons. The van der Waals surface area contributed by atoms with Crippen molar-refractivity contribution in [1.29, 1.82) is 0 Å². The van der Waals surface area contributed by atoms with E-state index in [2.05, 4.69) is 24.1 Å². The van der Waals surface area contributed by atoms with Crippen LogP contribution in [0.15, 0.2) is 18.2 Å². The highest BCUT2D eigenvalue weighted by atomic mass is 19.2. The van der Waals surface area contributed by atoms with Crippen molar-refractivity contribution < 1.29 is 8.78 Å². The quantitative estimate of drug-likeness (QED) is 0.819. The fraction of sp³-hybridized carbons (Fsp3) is 0.600. The molecule has 1 rings (SSSR count). The molecule has 0 spiro atoms. The van der Waals surface area contributed by atoms with Crippen LogP contribution in [0.5, 0.6) is 0 Å². The fourth-order valence-electron chi connectivity index (χ4n) is 2.17. The molecular formula is C15H24F2N2. The Morgan fingerprint density at radius 2 is 1.89 bits per heavy atom. The summed E-state index contributed by atoms with van der Waals surface area (Å²) in [6.45, 7) is 5.56. The zero-order valence-electron chi connectivity index (χ0n) is 12.2. The summed E-state index contributed by atoms with van der Waals surface area (Å²) in [5.74, 6) is -0.967. The highest BCUT2D eigenvalue weighted by Gasteiger charge is 2.13. The van der Waals surface area contributed by atoms with Crippen LogP contribution in [0.4, 0.5) is 8.78 Å². The van der Waals surface area contributed by atoms with Gasteiger partial charge in [-0.3, -0.25) is 0 Å². The summed E-state index contributed by atoms with van der Waals surface area (Å²) in [5, 5.41) is 3.32. The number of halogens is 2. The highest BCUT2D eigenvalue weighted by molar-refractivity contribution is 5.18. The van der Waals surface area contributed by atoms with Gasteiger partial charge in [-0.05, 0) is 32.5 Å². The van der Waals surface area contributed by atoms with Gasteiger partial charge in [0, 0.05) is 24.7 Å². The van der Waals surface area contributed by atoms with Crippen molar-refractivity contribution >= 4 is 0 Å². The second-order valence-corrected chi connectivity index (χ2v) is 5.68. The van der Waals surface area contributed by atoms with Gasteiger partial charge in [-0.2, -0.15) is 0 Å². The van der Waals surface area contributed by atoms with E-state index in [1.807, 2.05) is 14.1 Å². The number of nitrogens with one attached hydrogen (secondary N) is 1. The van der Waals surface area contributed by atoms with E-state index >= 15 is 0 Å². The van der Waals surface area contributed by atoms with Crippen molar-refractivity contribution in [3.8, 4) is 0 Å². The Morgan fingerprint density at radius 1 is 1.21 bits per heavy atom. The Hall–Kier alpha value is -1.00. The van der Waals surface area contributed by atoms with Crippen LogP contribution in [0.2, 0.25) is 0 Å². The van der Waals surface area contributed by atoms with Crippen LogP contribution < -0.4 is 5.32 Å². The van der Waals surface area contributed by atoms with Gasteiger partial charge >= 0.3 is 0 Å². The number of hydrogen-bond acceptors (Lipinski definition) is 2. The first-order valence-electron chi connectivity index (χ1n) is 6.71. The van der Waals surface area contributed by atoms with Gasteiger partial charge in [0.25, 0.3) is 0 Å². The second kappa shape index (κ2) is 7.56. The van der Waals surface area contributed by atoms with E-state index in [-0.39, 0.29) is 6.04 Å². The van der Waals surface area contributed by atoms with Crippen molar-refractivity contribution in [3.63, 3.8) is 0 Å². The van der Waals surface area contributed by atoms with Gasteiger partial charge < -0.3 is 10.2 Å². The molecule has 0 heterocycles. The minimum absolute atomic E-state index is 0.276. The number of rotatable bonds is 7. The van der Waals surface area contributed by atoms with Gasteiger partial charge in [0.1, 0.15) is 0 Å². The normalized spacial score (nSPS) is 13.3. The van der Waals surface area contributed by atoms with Crippen LogP contribution in [0, 0.1) is 17.6 Å². The third-order valence-electron chi connectivity index (χ3n) is 2.95. The minimum Gasteiger partial charge on any atom is -0.309 e. The summed E-state index contributed by atoms with van der Waals surface area (Å²) in [6, 6.07) is 4.58. The van der Waals surface area contributed by atoms with Gasteiger partial charge in [-0.1, -0.05) is 26.0 Å². The molecule has 1 aromatic rings. The third-order valence-corrected chi connectivity index (χ3v) is 2.95. The zero-order chi connectivity index (χ0) is 14.4. The van der Waals surface area contributed by atoms with Crippen LogP contribution >= 0.6 is 0 Å². The first kappa shape index (κ1) is 16.1. The number of benzene rings is 1. The lowest BCUT2D eigenvalue weighted by atomic mass is 10.0. The lowest BCUT2D eigenvalue weighted by Gasteiger charge is -2.24. The van der Waals surface area contributed by atoms with Crippen LogP contribution in [0.3, 0.4) is 0 Å². The van der Waals surface area contributed by atoms with E-state index < -0.39 is 11.6 Å². The number of hydrogen-bond donors (Lipinski definition) is 1. The Bertz CT molecular complexity index is 382. The molecule has 0 amide bonds. The number of nitrogens with zero attached hydrogens (tertiary/aromatic N) is 1. The molecule has 1 aromatic carbocycles. The molecule has 19 heavy (non-hydrogen) atoms. The summed E-state index contributed by atoms with van der Waals surface area (Å²) < 4.78 is 26.7. The minimum atomic E-state index is -0.785. The van der Waals surface area contributed by atoms with Gasteiger partial charge in [-0.25, -0.2) is 8.78 Å². The number of likely N-dealkylation sites (N-methyl/N-ethyl adjacent to an activating group) is 1. The van der Waals surface area contributed by atoms with Crippen LogP contribution in [0.25, 0.3) is 0 Å². The van der Waals surface area contributed by atoms with E-state index in [1.165, 1.54) is 0 Å². The molecule has 0 saturated heterocycles. The molecular weight excluding hydrogens is 246 g/mol. The SMILES string of the molecule is CC(C)CC(CN(C)C)NCc1cccc(F)c1F. The average molecular weight is 270 g/mol. The standard InChI is InChI=1S/C15H24F2N2/c1-11(2)8-13(10-19(3)4)18-9-12-6-5-7-14(16)15(12)17/h5-7,11,13,18H,8-10H2,1-4H3. The molecule has 4 heteroatoms. The Kier molecular flexibility index (Phi) is 6.38. The van der Waals surface area contributed by atoms with Gasteiger partial charge in [0.05, 0.1) is 0 Å². The summed E-state index contributed by atoms with van der Waals surface area (Å²) in [4.78, 5) is 2.10. The molecule has 0 saturated carbocycles. The van der Waals surface area contributed by atoms with Gasteiger partial charge in [0.2, 0.25) is 0 Å². The lowest BCUT2D eigenvalue weighted by molar-refractivity contribution is 0.303. The Labute approximate surface area is 114 Å². The largest absolute Gasteiger partial charge is 0.309 e. The van der Waals surface area contributed by atoms with E-state index in [1.54, 1.807) is 12.1 Å². The maximum atomic E-state index is 13.6. The van der Waals surface area contributed by atoms with Crippen molar-refractivity contribution in [2.75, 3.05) is 20.6 Å². The van der Waals surface area contributed by atoms with Crippen molar-refractivity contribution in [1.82, 2.24) is 10.2 Å². The van der Waals surface area contributed by atoms with E-state index in [0.29, 0.717) is 18.0 Å². The van der Waals surface area contributed by atoms with E-state index in [0.717, 1.165) is 19.0 Å². The van der Waals surface area contributed by atoms with E-state index in [9.17, 15) is 8.78 Å². The van der Waals surface area contributed by atoms with Crippen LogP contribution in [0.1, 0.15) is 25.8 Å². The average Bonchev–Trinajstić information content (AvgIpc) is 2.29. The fourth-order valence-corrected chi connectivity index (χ4v) is 2.17. The zero-order valence-corrected chi connectivity index (χ0v) is 12.2. The maximum Gasteiger partial charge on any atom is 0.163 e. The van der Waals surface area contributed by atoms with Crippen molar-refractivity contribution in [3.05, 3.63) is 35.4 Å². The molecule has 0 fully saturated rings. The maximum absolute atomic E-state index is 13.6. The van der Waals surface area contributed by atoms with Crippen LogP contribution in [-0.4, -0.2) is 31.6 Å². The second-order valence-electron chi connectivity index (χ2n) is 5.68. The van der Waals surface area contributed by atoms with Gasteiger partial charge in [-0.15, -0.1) is 0 Å². The van der Waals surface area contributed by atoms with E-state index in [4.69, 9.17) is 0 Å². The summed E-state index contributed by atoms with van der Waals surface area (Å²) in [7, 11) is 4.02. The molecule has 1 unspecified atom stereocenters. The van der Waals surface area contributed by atoms with Crippen molar-refractivity contribution in [2.45, 2.75) is 32.9 Å². The lowest BCUT2D eigenvalue weighted by Crippen LogP contribution is -2.39. The first-order chi connectivity index (χ1) is 8.90. The summed E-state index contributed by atoms with van der Waals surface area (Å²) >= 11 is 0. The molecule has 0 aliphatic rings. The predicted octanol–water partition coefficient (Wildman–Crippen LogP) is 3.03. The third kappa shape index (κ3) is 5.66. The monoisotopic (exact) mass is 270 g/mol. The van der Waals surface area contributed by atoms with Crippen molar-refractivity contribution in [2.24, 2.45) is 5.92 Å². The molecule has 0 aromatic heterocycles.